The van der Waals surface area contributed by atoms with Crippen molar-refractivity contribution in [2.24, 2.45) is 5.41 Å². The van der Waals surface area contributed by atoms with Crippen LogP contribution >= 0.6 is 0 Å². The van der Waals surface area contributed by atoms with E-state index >= 15 is 0 Å². The van der Waals surface area contributed by atoms with E-state index in [9.17, 15) is 4.79 Å². The van der Waals surface area contributed by atoms with Crippen LogP contribution in [0.2, 0.25) is 0 Å². The van der Waals surface area contributed by atoms with Crippen molar-refractivity contribution in [3.63, 3.8) is 0 Å². The highest BCUT2D eigenvalue weighted by Gasteiger charge is 2.22. The second-order valence-corrected chi connectivity index (χ2v) is 4.77. The Hall–Kier alpha value is -1.71. The highest BCUT2D eigenvalue weighted by molar-refractivity contribution is 5.95. The maximum atomic E-state index is 11.9. The standard InChI is InChI=1S/C13H19NO3/c1-13(2,3)12(15)14-10-7-6-9(16-4)8-11(10)17-5/h6-8H,1-5H3,(H,14,15). The lowest BCUT2D eigenvalue weighted by Crippen LogP contribution is -2.27. The number of nitrogens with one attached hydrogen (secondary N) is 1. The molecule has 1 aromatic carbocycles. The van der Waals surface area contributed by atoms with Crippen molar-refractivity contribution in [3.05, 3.63) is 18.2 Å². The Morgan fingerprint density at radius 2 is 1.82 bits per heavy atom. The minimum absolute atomic E-state index is 0.0547. The number of amides is 1. The van der Waals surface area contributed by atoms with Crippen LogP contribution in [0.15, 0.2) is 18.2 Å². The summed E-state index contributed by atoms with van der Waals surface area (Å²) in [5, 5.41) is 2.83. The molecule has 0 saturated heterocycles. The molecule has 0 aliphatic rings. The molecule has 0 bridgehead atoms. The molecular weight excluding hydrogens is 218 g/mol. The highest BCUT2D eigenvalue weighted by atomic mass is 16.5. The second-order valence-electron chi connectivity index (χ2n) is 4.77. The first-order valence-electron chi connectivity index (χ1n) is 5.42. The lowest BCUT2D eigenvalue weighted by Gasteiger charge is -2.19. The van der Waals surface area contributed by atoms with Crippen molar-refractivity contribution in [3.8, 4) is 11.5 Å². The van der Waals surface area contributed by atoms with Crippen LogP contribution in [0.5, 0.6) is 11.5 Å². The highest BCUT2D eigenvalue weighted by Crippen LogP contribution is 2.30. The summed E-state index contributed by atoms with van der Waals surface area (Å²) in [4.78, 5) is 11.9. The number of anilines is 1. The van der Waals surface area contributed by atoms with Gasteiger partial charge in [-0.25, -0.2) is 0 Å². The second kappa shape index (κ2) is 5.08. The largest absolute Gasteiger partial charge is 0.497 e. The molecule has 0 heterocycles. The maximum Gasteiger partial charge on any atom is 0.229 e. The monoisotopic (exact) mass is 237 g/mol. The normalized spacial score (nSPS) is 10.9. The molecule has 1 rings (SSSR count). The molecule has 94 valence electrons. The van der Waals surface area contributed by atoms with Gasteiger partial charge in [-0.05, 0) is 12.1 Å². The van der Waals surface area contributed by atoms with Gasteiger partial charge in [-0.1, -0.05) is 20.8 Å². The molecule has 0 aliphatic carbocycles. The summed E-state index contributed by atoms with van der Waals surface area (Å²) in [6.07, 6.45) is 0. The van der Waals surface area contributed by atoms with Crippen molar-refractivity contribution in [1.82, 2.24) is 0 Å². The minimum Gasteiger partial charge on any atom is -0.497 e. The topological polar surface area (TPSA) is 47.6 Å². The zero-order valence-corrected chi connectivity index (χ0v) is 11.0. The van der Waals surface area contributed by atoms with E-state index in [0.717, 1.165) is 0 Å². The van der Waals surface area contributed by atoms with Crippen LogP contribution in [0.25, 0.3) is 0 Å². The van der Waals surface area contributed by atoms with Crippen molar-refractivity contribution >= 4 is 11.6 Å². The maximum absolute atomic E-state index is 11.9. The van der Waals surface area contributed by atoms with Crippen molar-refractivity contribution in [2.45, 2.75) is 20.8 Å². The predicted octanol–water partition coefficient (Wildman–Crippen LogP) is 2.69. The van der Waals surface area contributed by atoms with E-state index in [1.54, 1.807) is 32.4 Å². The van der Waals surface area contributed by atoms with Crippen LogP contribution in [-0.4, -0.2) is 20.1 Å². The molecule has 0 saturated carbocycles. The van der Waals surface area contributed by atoms with E-state index in [1.807, 2.05) is 20.8 Å². The van der Waals surface area contributed by atoms with E-state index in [-0.39, 0.29) is 5.91 Å². The van der Waals surface area contributed by atoms with Gasteiger partial charge in [0.05, 0.1) is 19.9 Å². The van der Waals surface area contributed by atoms with Gasteiger partial charge < -0.3 is 14.8 Å². The molecule has 17 heavy (non-hydrogen) atoms. The molecule has 1 amide bonds. The molecule has 0 spiro atoms. The Morgan fingerprint density at radius 3 is 2.29 bits per heavy atom. The summed E-state index contributed by atoms with van der Waals surface area (Å²) >= 11 is 0. The van der Waals surface area contributed by atoms with Crippen molar-refractivity contribution in [2.75, 3.05) is 19.5 Å². The Balaban J connectivity index is 2.95. The van der Waals surface area contributed by atoms with Gasteiger partial charge in [-0.2, -0.15) is 0 Å². The zero-order valence-electron chi connectivity index (χ0n) is 11.0. The number of carbonyl (C=O) groups excluding carboxylic acids is 1. The van der Waals surface area contributed by atoms with Gasteiger partial charge in [0.1, 0.15) is 11.5 Å². The van der Waals surface area contributed by atoms with Crippen LogP contribution in [0.1, 0.15) is 20.8 Å². The first-order valence-corrected chi connectivity index (χ1v) is 5.42. The van der Waals surface area contributed by atoms with Crippen molar-refractivity contribution in [1.29, 1.82) is 0 Å². The molecular formula is C13H19NO3. The average molecular weight is 237 g/mol. The summed E-state index contributed by atoms with van der Waals surface area (Å²) in [5.41, 5.74) is 0.207. The number of hydrogen-bond acceptors (Lipinski definition) is 3. The lowest BCUT2D eigenvalue weighted by molar-refractivity contribution is -0.123. The van der Waals surface area contributed by atoms with E-state index in [4.69, 9.17) is 9.47 Å². The quantitative estimate of drug-likeness (QED) is 0.879. The first kappa shape index (κ1) is 13.4. The van der Waals surface area contributed by atoms with Crippen LogP contribution < -0.4 is 14.8 Å². The zero-order chi connectivity index (χ0) is 13.1. The van der Waals surface area contributed by atoms with Crippen LogP contribution in [0.3, 0.4) is 0 Å². The van der Waals surface area contributed by atoms with Gasteiger partial charge in [0.25, 0.3) is 0 Å². The molecule has 0 fully saturated rings. The summed E-state index contributed by atoms with van der Waals surface area (Å²) in [5.74, 6) is 1.22. The van der Waals surface area contributed by atoms with Crippen molar-refractivity contribution < 1.29 is 14.3 Å². The summed E-state index contributed by atoms with van der Waals surface area (Å²) < 4.78 is 10.3. The number of hydrogen-bond donors (Lipinski definition) is 1. The SMILES string of the molecule is COc1ccc(NC(=O)C(C)(C)C)c(OC)c1. The predicted molar refractivity (Wildman–Crippen MR) is 67.6 cm³/mol. The fraction of sp³-hybridized carbons (Fsp3) is 0.462. The van der Waals surface area contributed by atoms with Crippen LogP contribution in [0.4, 0.5) is 5.69 Å². The van der Waals surface area contributed by atoms with E-state index < -0.39 is 5.41 Å². The van der Waals surface area contributed by atoms with E-state index in [1.165, 1.54) is 0 Å². The van der Waals surface area contributed by atoms with E-state index in [2.05, 4.69) is 5.32 Å². The third-order valence-corrected chi connectivity index (χ3v) is 2.34. The molecule has 1 aromatic rings. The fourth-order valence-corrected chi connectivity index (χ4v) is 1.21. The Morgan fingerprint density at radius 1 is 1.18 bits per heavy atom. The Labute approximate surface area is 102 Å². The van der Waals surface area contributed by atoms with Crippen LogP contribution in [-0.2, 0) is 4.79 Å². The van der Waals surface area contributed by atoms with Gasteiger partial charge in [0.2, 0.25) is 5.91 Å². The fourth-order valence-electron chi connectivity index (χ4n) is 1.21. The molecule has 0 radical (unpaired) electrons. The van der Waals surface area contributed by atoms with Gasteiger partial charge in [0.15, 0.2) is 0 Å². The number of ether oxygens (including phenoxy) is 2. The summed E-state index contributed by atoms with van der Waals surface area (Å²) in [7, 11) is 3.14. The Bertz CT molecular complexity index is 408. The number of rotatable bonds is 3. The number of carbonyl (C=O) groups is 1. The first-order chi connectivity index (χ1) is 7.88. The Kier molecular flexibility index (Phi) is 3.99. The molecule has 0 aliphatic heterocycles. The van der Waals surface area contributed by atoms with Gasteiger partial charge in [0, 0.05) is 11.5 Å². The smallest absolute Gasteiger partial charge is 0.229 e. The third kappa shape index (κ3) is 3.37. The van der Waals surface area contributed by atoms with Gasteiger partial charge in [-0.3, -0.25) is 4.79 Å². The molecule has 0 unspecified atom stereocenters. The lowest BCUT2D eigenvalue weighted by atomic mass is 9.95. The van der Waals surface area contributed by atoms with Gasteiger partial charge >= 0.3 is 0 Å². The minimum atomic E-state index is -0.440. The average Bonchev–Trinajstić information content (AvgIpc) is 2.28. The molecule has 0 atom stereocenters. The summed E-state index contributed by atoms with van der Waals surface area (Å²) in [6, 6.07) is 5.28. The molecule has 1 N–H and O–H groups in total. The van der Waals surface area contributed by atoms with E-state index in [0.29, 0.717) is 17.2 Å². The van der Waals surface area contributed by atoms with Gasteiger partial charge in [-0.15, -0.1) is 0 Å². The summed E-state index contributed by atoms with van der Waals surface area (Å²) in [6.45, 7) is 5.58. The molecule has 0 aromatic heterocycles. The number of benzene rings is 1. The number of methoxy groups -OCH3 is 2. The molecule has 4 nitrogen and oxygen atoms in total. The molecule has 4 heteroatoms. The van der Waals surface area contributed by atoms with Crippen LogP contribution in [0, 0.1) is 5.41 Å². The third-order valence-electron chi connectivity index (χ3n) is 2.34.